The van der Waals surface area contributed by atoms with Crippen LogP contribution in [0.1, 0.15) is 51.9 Å². The van der Waals surface area contributed by atoms with Crippen molar-refractivity contribution in [2.24, 2.45) is 11.8 Å². The van der Waals surface area contributed by atoms with Gasteiger partial charge >= 0.3 is 0 Å². The summed E-state index contributed by atoms with van der Waals surface area (Å²) in [6.07, 6.45) is 9.11. The highest BCUT2D eigenvalue weighted by atomic mass is 16.5. The molecule has 0 aromatic carbocycles. The maximum absolute atomic E-state index is 9.86. The van der Waals surface area contributed by atoms with Crippen LogP contribution in [0.4, 0.5) is 0 Å². The molecule has 2 rings (SSSR count). The normalized spacial score (nSPS) is 31.0. The topological polar surface area (TPSA) is 41.5 Å². The predicted molar refractivity (Wildman–Crippen MR) is 73.6 cm³/mol. The van der Waals surface area contributed by atoms with Gasteiger partial charge in [0.05, 0.1) is 18.8 Å². The van der Waals surface area contributed by atoms with E-state index in [4.69, 9.17) is 4.74 Å². The van der Waals surface area contributed by atoms with E-state index < -0.39 is 0 Å². The van der Waals surface area contributed by atoms with Gasteiger partial charge in [-0.2, -0.15) is 0 Å². The quantitative estimate of drug-likeness (QED) is 0.733. The smallest absolute Gasteiger partial charge is 0.0897 e. The Morgan fingerprint density at radius 1 is 1.17 bits per heavy atom. The number of hydrogen-bond acceptors (Lipinski definition) is 3. The van der Waals surface area contributed by atoms with Crippen LogP contribution < -0.4 is 5.32 Å². The number of ether oxygens (including phenoxy) is 1. The number of rotatable bonds is 7. The minimum Gasteiger partial charge on any atom is -0.389 e. The number of aliphatic hydroxyl groups excluding tert-OH is 1. The van der Waals surface area contributed by atoms with Crippen molar-refractivity contribution in [3.8, 4) is 0 Å². The minimum absolute atomic E-state index is 0.345. The summed E-state index contributed by atoms with van der Waals surface area (Å²) in [7, 11) is 0. The summed E-state index contributed by atoms with van der Waals surface area (Å²) in [6.45, 7) is 4.58. The molecule has 2 saturated carbocycles. The average Bonchev–Trinajstić information content (AvgIpc) is 2.99. The first-order chi connectivity index (χ1) is 8.75. The van der Waals surface area contributed by atoms with E-state index in [-0.39, 0.29) is 6.10 Å². The molecule has 18 heavy (non-hydrogen) atoms. The lowest BCUT2D eigenvalue weighted by atomic mass is 9.98. The lowest BCUT2D eigenvalue weighted by Crippen LogP contribution is -2.34. The monoisotopic (exact) mass is 255 g/mol. The average molecular weight is 255 g/mol. The molecule has 3 unspecified atom stereocenters. The van der Waals surface area contributed by atoms with Crippen molar-refractivity contribution in [2.45, 2.75) is 64.1 Å². The lowest BCUT2D eigenvalue weighted by Gasteiger charge is -2.19. The van der Waals surface area contributed by atoms with Crippen molar-refractivity contribution < 1.29 is 9.84 Å². The molecule has 0 aromatic heterocycles. The van der Waals surface area contributed by atoms with E-state index in [2.05, 4.69) is 12.2 Å². The minimum atomic E-state index is -0.345. The Labute approximate surface area is 111 Å². The zero-order valence-electron chi connectivity index (χ0n) is 11.7. The maximum Gasteiger partial charge on any atom is 0.0897 e. The van der Waals surface area contributed by atoms with Crippen molar-refractivity contribution in [2.75, 3.05) is 19.7 Å². The molecule has 0 heterocycles. The molecule has 0 aromatic rings. The third kappa shape index (κ3) is 4.52. The van der Waals surface area contributed by atoms with E-state index in [0.29, 0.717) is 19.3 Å². The summed E-state index contributed by atoms with van der Waals surface area (Å²) in [6, 6.07) is 0. The van der Waals surface area contributed by atoms with Crippen molar-refractivity contribution in [1.29, 1.82) is 0 Å². The van der Waals surface area contributed by atoms with Gasteiger partial charge in [-0.05, 0) is 37.6 Å². The molecule has 0 radical (unpaired) electrons. The van der Waals surface area contributed by atoms with Crippen molar-refractivity contribution in [1.82, 2.24) is 5.32 Å². The van der Waals surface area contributed by atoms with E-state index in [1.807, 2.05) is 0 Å². The van der Waals surface area contributed by atoms with Gasteiger partial charge in [-0.15, -0.1) is 0 Å². The third-order valence-electron chi connectivity index (χ3n) is 4.65. The van der Waals surface area contributed by atoms with Gasteiger partial charge in [0, 0.05) is 6.54 Å². The van der Waals surface area contributed by atoms with Crippen molar-refractivity contribution in [3.63, 3.8) is 0 Å². The van der Waals surface area contributed by atoms with E-state index >= 15 is 0 Å². The van der Waals surface area contributed by atoms with Crippen LogP contribution in [0.25, 0.3) is 0 Å². The van der Waals surface area contributed by atoms with E-state index in [1.54, 1.807) is 0 Å². The SMILES string of the molecule is CC1CCCC1CNCC(O)COC1CCCC1. The van der Waals surface area contributed by atoms with E-state index in [0.717, 1.165) is 18.4 Å². The number of nitrogens with one attached hydrogen (secondary N) is 1. The summed E-state index contributed by atoms with van der Waals surface area (Å²) in [4.78, 5) is 0. The third-order valence-corrected chi connectivity index (χ3v) is 4.65. The van der Waals surface area contributed by atoms with Crippen LogP contribution in [-0.2, 0) is 4.74 Å². The fourth-order valence-corrected chi connectivity index (χ4v) is 3.32. The Balaban J connectivity index is 1.50. The number of aliphatic hydroxyl groups is 1. The molecule has 106 valence electrons. The first-order valence-electron chi connectivity index (χ1n) is 7.76. The van der Waals surface area contributed by atoms with Gasteiger partial charge in [0.15, 0.2) is 0 Å². The van der Waals surface area contributed by atoms with Crippen LogP contribution in [0.15, 0.2) is 0 Å². The molecule has 2 N–H and O–H groups in total. The molecule has 3 nitrogen and oxygen atoms in total. The molecule has 0 bridgehead atoms. The largest absolute Gasteiger partial charge is 0.389 e. The van der Waals surface area contributed by atoms with Crippen LogP contribution >= 0.6 is 0 Å². The fourth-order valence-electron chi connectivity index (χ4n) is 3.32. The van der Waals surface area contributed by atoms with Gasteiger partial charge in [-0.25, -0.2) is 0 Å². The number of hydrogen-bond donors (Lipinski definition) is 2. The van der Waals surface area contributed by atoms with Crippen LogP contribution in [0.2, 0.25) is 0 Å². The van der Waals surface area contributed by atoms with E-state index in [1.165, 1.54) is 44.9 Å². The molecule has 0 amide bonds. The summed E-state index contributed by atoms with van der Waals surface area (Å²) >= 11 is 0. The Bertz CT molecular complexity index is 229. The maximum atomic E-state index is 9.86. The summed E-state index contributed by atoms with van der Waals surface area (Å²) in [5.74, 6) is 1.66. The Morgan fingerprint density at radius 3 is 2.61 bits per heavy atom. The molecule has 2 fully saturated rings. The Morgan fingerprint density at radius 2 is 1.94 bits per heavy atom. The lowest BCUT2D eigenvalue weighted by molar-refractivity contribution is -0.00570. The molecule has 0 saturated heterocycles. The van der Waals surface area contributed by atoms with E-state index in [9.17, 15) is 5.11 Å². The van der Waals surface area contributed by atoms with Crippen LogP contribution in [0.5, 0.6) is 0 Å². The molecule has 3 atom stereocenters. The van der Waals surface area contributed by atoms with Crippen molar-refractivity contribution >= 4 is 0 Å². The second-order valence-electron chi connectivity index (χ2n) is 6.22. The first-order valence-corrected chi connectivity index (χ1v) is 7.76. The second-order valence-corrected chi connectivity index (χ2v) is 6.22. The standard InChI is InChI=1S/C15H29NO2/c1-12-5-4-6-13(12)9-16-10-14(17)11-18-15-7-2-3-8-15/h12-17H,2-11H2,1H3. The Kier molecular flexibility index (Phi) is 5.93. The Hall–Kier alpha value is -0.120. The van der Waals surface area contributed by atoms with Gasteiger partial charge in [-0.3, -0.25) is 0 Å². The summed E-state index contributed by atoms with van der Waals surface area (Å²) in [5.41, 5.74) is 0. The summed E-state index contributed by atoms with van der Waals surface area (Å²) in [5, 5.41) is 13.3. The van der Waals surface area contributed by atoms with Crippen LogP contribution in [0, 0.1) is 11.8 Å². The van der Waals surface area contributed by atoms with Gasteiger partial charge in [0.1, 0.15) is 0 Å². The van der Waals surface area contributed by atoms with Gasteiger partial charge in [-0.1, -0.05) is 32.6 Å². The molecular formula is C15H29NO2. The van der Waals surface area contributed by atoms with Gasteiger partial charge in [0.2, 0.25) is 0 Å². The molecular weight excluding hydrogens is 226 g/mol. The molecule has 0 aliphatic heterocycles. The van der Waals surface area contributed by atoms with Gasteiger partial charge < -0.3 is 15.2 Å². The zero-order chi connectivity index (χ0) is 12.8. The second kappa shape index (κ2) is 7.46. The molecule has 3 heteroatoms. The predicted octanol–water partition coefficient (Wildman–Crippen LogP) is 2.33. The van der Waals surface area contributed by atoms with Crippen LogP contribution in [-0.4, -0.2) is 37.0 Å². The fraction of sp³-hybridized carbons (Fsp3) is 1.00. The highest BCUT2D eigenvalue weighted by molar-refractivity contribution is 4.76. The molecule has 0 spiro atoms. The van der Waals surface area contributed by atoms with Crippen LogP contribution in [0.3, 0.4) is 0 Å². The van der Waals surface area contributed by atoms with Crippen molar-refractivity contribution in [3.05, 3.63) is 0 Å². The highest BCUT2D eigenvalue weighted by Crippen LogP contribution is 2.30. The zero-order valence-corrected chi connectivity index (χ0v) is 11.7. The molecule has 2 aliphatic carbocycles. The summed E-state index contributed by atoms with van der Waals surface area (Å²) < 4.78 is 5.72. The first kappa shape index (κ1) is 14.3. The molecule has 2 aliphatic rings. The highest BCUT2D eigenvalue weighted by Gasteiger charge is 2.23. The van der Waals surface area contributed by atoms with Gasteiger partial charge in [0.25, 0.3) is 0 Å².